The van der Waals surface area contributed by atoms with E-state index >= 15 is 0 Å². The van der Waals surface area contributed by atoms with Crippen LogP contribution in [0.4, 0.5) is 21.0 Å². The first-order valence-corrected chi connectivity index (χ1v) is 9.30. The first kappa shape index (κ1) is 20.0. The van der Waals surface area contributed by atoms with Crippen LogP contribution in [0.2, 0.25) is 0 Å². The van der Waals surface area contributed by atoms with Gasteiger partial charge in [0.05, 0.1) is 6.61 Å². The van der Waals surface area contributed by atoms with E-state index in [0.29, 0.717) is 30.6 Å². The average molecular weight is 362 g/mol. The highest BCUT2D eigenvalue weighted by atomic mass is 16.5. The van der Waals surface area contributed by atoms with Gasteiger partial charge >= 0.3 is 12.1 Å². The fourth-order valence-electron chi connectivity index (χ4n) is 3.09. The molecule has 1 heterocycles. The molecule has 2 atom stereocenters. The van der Waals surface area contributed by atoms with Crippen LogP contribution in [0.5, 0.6) is 0 Å². The predicted molar refractivity (Wildman–Crippen MR) is 104 cm³/mol. The lowest BCUT2D eigenvalue weighted by atomic mass is 9.99. The van der Waals surface area contributed by atoms with Crippen LogP contribution in [0.15, 0.2) is 24.3 Å². The fraction of sp³-hybridized carbons (Fsp3) is 0.579. The largest absolute Gasteiger partial charge is 0.450 e. The van der Waals surface area contributed by atoms with Gasteiger partial charge in [-0.2, -0.15) is 0 Å². The van der Waals surface area contributed by atoms with Crippen LogP contribution in [0.1, 0.15) is 33.6 Å². The molecule has 0 aromatic heterocycles. The number of carbonyl (C=O) groups excluding carboxylic acids is 2. The highest BCUT2D eigenvalue weighted by Gasteiger charge is 2.21. The Labute approximate surface area is 155 Å². The van der Waals surface area contributed by atoms with Gasteiger partial charge in [-0.1, -0.05) is 6.92 Å². The van der Waals surface area contributed by atoms with Gasteiger partial charge in [-0.05, 0) is 63.4 Å². The highest BCUT2D eigenvalue weighted by molar-refractivity contribution is 5.90. The van der Waals surface area contributed by atoms with Crippen molar-refractivity contribution in [1.29, 1.82) is 0 Å². The van der Waals surface area contributed by atoms with Gasteiger partial charge < -0.3 is 15.4 Å². The molecule has 0 unspecified atom stereocenters. The molecule has 3 amide bonds. The quantitative estimate of drug-likeness (QED) is 0.723. The molecule has 0 saturated carbocycles. The molecule has 1 saturated heterocycles. The molecule has 7 heteroatoms. The number of hydrogen-bond acceptors (Lipinski definition) is 4. The summed E-state index contributed by atoms with van der Waals surface area (Å²) in [6, 6.07) is 6.98. The molecule has 1 aromatic rings. The predicted octanol–water partition coefficient (Wildman–Crippen LogP) is 3.50. The lowest BCUT2D eigenvalue weighted by Crippen LogP contribution is -2.47. The van der Waals surface area contributed by atoms with Gasteiger partial charge in [0.25, 0.3) is 0 Å². The minimum Gasteiger partial charge on any atom is -0.450 e. The van der Waals surface area contributed by atoms with Crippen LogP contribution in [-0.4, -0.2) is 49.3 Å². The Morgan fingerprint density at radius 1 is 1.23 bits per heavy atom. The van der Waals surface area contributed by atoms with Crippen molar-refractivity contribution < 1.29 is 14.3 Å². The second kappa shape index (κ2) is 10.0. The number of urea groups is 1. The minimum atomic E-state index is -0.494. The van der Waals surface area contributed by atoms with Crippen LogP contribution in [0, 0.1) is 5.92 Å². The van der Waals surface area contributed by atoms with E-state index in [0.717, 1.165) is 19.0 Å². The van der Waals surface area contributed by atoms with E-state index < -0.39 is 6.09 Å². The van der Waals surface area contributed by atoms with Crippen molar-refractivity contribution in [1.82, 2.24) is 10.2 Å². The van der Waals surface area contributed by atoms with Crippen molar-refractivity contribution in [2.75, 3.05) is 36.9 Å². The third kappa shape index (κ3) is 6.55. The minimum absolute atomic E-state index is 0.229. The Morgan fingerprint density at radius 2 is 1.88 bits per heavy atom. The Morgan fingerprint density at radius 3 is 2.50 bits per heavy atom. The summed E-state index contributed by atoms with van der Waals surface area (Å²) in [5.41, 5.74) is 1.28. The first-order chi connectivity index (χ1) is 12.5. The van der Waals surface area contributed by atoms with Gasteiger partial charge in [0.2, 0.25) is 0 Å². The molecule has 1 aliphatic rings. The molecule has 7 nitrogen and oxygen atoms in total. The number of ether oxygens (including phenoxy) is 1. The van der Waals surface area contributed by atoms with E-state index in [2.05, 4.69) is 34.7 Å². The summed E-state index contributed by atoms with van der Waals surface area (Å²) in [4.78, 5) is 25.9. The maximum Gasteiger partial charge on any atom is 0.411 e. The molecule has 0 spiro atoms. The maximum atomic E-state index is 12.1. The molecule has 144 valence electrons. The zero-order valence-corrected chi connectivity index (χ0v) is 15.9. The molecule has 0 bridgehead atoms. The van der Waals surface area contributed by atoms with E-state index in [1.165, 1.54) is 12.8 Å². The summed E-state index contributed by atoms with van der Waals surface area (Å²) < 4.78 is 4.82. The average Bonchev–Trinajstić information content (AvgIpc) is 2.61. The summed E-state index contributed by atoms with van der Waals surface area (Å²) in [6.45, 7) is 9.30. The standard InChI is InChI=1S/C19H30N4O3/c1-4-26-19(25)22-17-9-7-16(8-10-17)21-18(24)20-12-15(3)23-11-5-6-14(2)13-23/h7-10,14-15H,4-6,11-13H2,1-3H3,(H,22,25)(H2,20,21,24)/t14-,15-/m0/s1. The van der Waals surface area contributed by atoms with Crippen LogP contribution in [0.3, 0.4) is 0 Å². The maximum absolute atomic E-state index is 12.1. The SMILES string of the molecule is CCOC(=O)Nc1ccc(NC(=O)NC[C@H](C)N2CCC[C@H](C)C2)cc1. The Kier molecular flexibility index (Phi) is 7.72. The second-order valence-electron chi connectivity index (χ2n) is 6.85. The Balaban J connectivity index is 1.74. The van der Waals surface area contributed by atoms with Gasteiger partial charge in [0.15, 0.2) is 0 Å². The van der Waals surface area contributed by atoms with Crippen LogP contribution in [0.25, 0.3) is 0 Å². The third-order valence-corrected chi connectivity index (χ3v) is 4.53. The number of benzene rings is 1. The number of piperidine rings is 1. The van der Waals surface area contributed by atoms with Crippen LogP contribution >= 0.6 is 0 Å². The number of anilines is 2. The number of amides is 3. The lowest BCUT2D eigenvalue weighted by Gasteiger charge is -2.35. The molecular formula is C19H30N4O3. The van der Waals surface area contributed by atoms with Crippen molar-refractivity contribution in [2.24, 2.45) is 5.92 Å². The fourth-order valence-corrected chi connectivity index (χ4v) is 3.09. The normalized spacial score (nSPS) is 18.7. The smallest absolute Gasteiger partial charge is 0.411 e. The number of carbonyl (C=O) groups is 2. The molecular weight excluding hydrogens is 332 g/mol. The first-order valence-electron chi connectivity index (χ1n) is 9.30. The summed E-state index contributed by atoms with van der Waals surface area (Å²) in [6.07, 6.45) is 2.02. The molecule has 0 aliphatic carbocycles. The van der Waals surface area contributed by atoms with Crippen molar-refractivity contribution in [3.05, 3.63) is 24.3 Å². The van der Waals surface area contributed by atoms with Gasteiger partial charge in [-0.15, -0.1) is 0 Å². The van der Waals surface area contributed by atoms with Crippen LogP contribution in [-0.2, 0) is 4.74 Å². The highest BCUT2D eigenvalue weighted by Crippen LogP contribution is 2.17. The lowest BCUT2D eigenvalue weighted by molar-refractivity contribution is 0.138. The van der Waals surface area contributed by atoms with Crippen LogP contribution < -0.4 is 16.0 Å². The number of nitrogens with zero attached hydrogens (tertiary/aromatic N) is 1. The van der Waals surface area contributed by atoms with E-state index in [4.69, 9.17) is 4.74 Å². The van der Waals surface area contributed by atoms with Gasteiger partial charge in [0, 0.05) is 30.5 Å². The summed E-state index contributed by atoms with van der Waals surface area (Å²) in [5.74, 6) is 0.724. The number of hydrogen-bond donors (Lipinski definition) is 3. The summed E-state index contributed by atoms with van der Waals surface area (Å²) >= 11 is 0. The molecule has 26 heavy (non-hydrogen) atoms. The Hall–Kier alpha value is -2.28. The molecule has 1 aliphatic heterocycles. The van der Waals surface area contributed by atoms with Crippen molar-refractivity contribution in [3.63, 3.8) is 0 Å². The van der Waals surface area contributed by atoms with Crippen molar-refractivity contribution >= 4 is 23.5 Å². The summed E-state index contributed by atoms with van der Waals surface area (Å²) in [5, 5.41) is 8.34. The van der Waals surface area contributed by atoms with E-state index in [9.17, 15) is 9.59 Å². The van der Waals surface area contributed by atoms with Gasteiger partial charge in [-0.25, -0.2) is 9.59 Å². The van der Waals surface area contributed by atoms with E-state index in [1.54, 1.807) is 31.2 Å². The third-order valence-electron chi connectivity index (χ3n) is 4.53. The number of rotatable bonds is 6. The second-order valence-corrected chi connectivity index (χ2v) is 6.85. The van der Waals surface area contributed by atoms with E-state index in [-0.39, 0.29) is 6.03 Å². The molecule has 0 radical (unpaired) electrons. The molecule has 1 aromatic carbocycles. The summed E-state index contributed by atoms with van der Waals surface area (Å²) in [7, 11) is 0. The van der Waals surface area contributed by atoms with Gasteiger partial charge in [0.1, 0.15) is 0 Å². The van der Waals surface area contributed by atoms with Crippen molar-refractivity contribution in [2.45, 2.75) is 39.7 Å². The number of likely N-dealkylation sites (tertiary alicyclic amines) is 1. The number of nitrogens with one attached hydrogen (secondary N) is 3. The topological polar surface area (TPSA) is 82.7 Å². The Bertz CT molecular complexity index is 591. The zero-order valence-electron chi connectivity index (χ0n) is 15.9. The monoisotopic (exact) mass is 362 g/mol. The molecule has 3 N–H and O–H groups in total. The molecule has 2 rings (SSSR count). The van der Waals surface area contributed by atoms with E-state index in [1.807, 2.05) is 0 Å². The van der Waals surface area contributed by atoms with Crippen molar-refractivity contribution in [3.8, 4) is 0 Å². The van der Waals surface area contributed by atoms with Gasteiger partial charge in [-0.3, -0.25) is 10.2 Å². The zero-order chi connectivity index (χ0) is 18.9. The molecule has 1 fully saturated rings.